The van der Waals surface area contributed by atoms with Gasteiger partial charge in [0.25, 0.3) is 5.91 Å². The molecule has 0 spiro atoms. The van der Waals surface area contributed by atoms with Crippen molar-refractivity contribution in [3.8, 4) is 11.5 Å². The lowest BCUT2D eigenvalue weighted by molar-refractivity contribution is -0.151. The monoisotopic (exact) mass is 536 g/mol. The highest BCUT2D eigenvalue weighted by molar-refractivity contribution is 7.17. The van der Waals surface area contributed by atoms with Crippen LogP contribution in [-0.2, 0) is 16.1 Å². The maximum atomic E-state index is 13.5. The average molecular weight is 537 g/mol. The Bertz CT molecular complexity index is 1330. The Morgan fingerprint density at radius 2 is 1.87 bits per heavy atom. The van der Waals surface area contributed by atoms with E-state index in [1.54, 1.807) is 11.3 Å². The molecule has 3 aliphatic rings. The van der Waals surface area contributed by atoms with Crippen molar-refractivity contribution in [2.24, 2.45) is 5.92 Å². The standard InChI is InChI=1S/C29H32N2O6S/c32-13-3-5-21-22(23-17-38-27-6-2-1-4-20(23)27)15-26(37-29(21)34)28(33)31-11-9-30(10-12-31)16-19-7-8-24-25(14-19)36-18-35-24/h1-2,4,6-8,14-15,17,21-22,29,32,34H,3,5,9-13,16,18H2/t21-,22+,29-/m0/s1. The number of fused-ring (bicyclic) bond motifs is 2. The number of aliphatic hydroxyl groups is 2. The molecular formula is C29H32N2O6S. The zero-order valence-corrected chi connectivity index (χ0v) is 21.9. The summed E-state index contributed by atoms with van der Waals surface area (Å²) in [5, 5.41) is 23.7. The average Bonchev–Trinajstić information content (AvgIpc) is 3.59. The van der Waals surface area contributed by atoms with Gasteiger partial charge >= 0.3 is 0 Å². The maximum absolute atomic E-state index is 13.5. The topological polar surface area (TPSA) is 91.7 Å². The van der Waals surface area contributed by atoms with Crippen LogP contribution in [0.15, 0.2) is 59.7 Å². The molecule has 9 heteroatoms. The van der Waals surface area contributed by atoms with Gasteiger partial charge in [0.1, 0.15) is 0 Å². The molecule has 0 unspecified atom stereocenters. The summed E-state index contributed by atoms with van der Waals surface area (Å²) in [6, 6.07) is 14.2. The van der Waals surface area contributed by atoms with E-state index in [1.807, 2.05) is 35.2 Å². The van der Waals surface area contributed by atoms with Crippen molar-refractivity contribution in [1.82, 2.24) is 9.80 Å². The molecule has 38 heavy (non-hydrogen) atoms. The highest BCUT2D eigenvalue weighted by atomic mass is 32.1. The Morgan fingerprint density at radius 1 is 1.05 bits per heavy atom. The van der Waals surface area contributed by atoms with Gasteiger partial charge in [-0.15, -0.1) is 11.3 Å². The molecule has 200 valence electrons. The summed E-state index contributed by atoms with van der Waals surface area (Å²) in [6.45, 7) is 3.74. The van der Waals surface area contributed by atoms with Crippen molar-refractivity contribution in [3.63, 3.8) is 0 Å². The van der Waals surface area contributed by atoms with Crippen molar-refractivity contribution in [3.05, 3.63) is 70.8 Å². The van der Waals surface area contributed by atoms with E-state index in [4.69, 9.17) is 14.2 Å². The second kappa shape index (κ2) is 10.9. The number of aliphatic hydroxyl groups excluding tert-OH is 2. The lowest BCUT2D eigenvalue weighted by Crippen LogP contribution is -2.49. The molecule has 6 rings (SSSR count). The molecule has 3 atom stereocenters. The van der Waals surface area contributed by atoms with E-state index in [9.17, 15) is 15.0 Å². The summed E-state index contributed by atoms with van der Waals surface area (Å²) < 4.78 is 17.9. The summed E-state index contributed by atoms with van der Waals surface area (Å²) in [4.78, 5) is 17.7. The number of benzene rings is 2. The number of hydrogen-bond donors (Lipinski definition) is 2. The smallest absolute Gasteiger partial charge is 0.288 e. The molecule has 2 N–H and O–H groups in total. The third-order valence-corrected chi connectivity index (χ3v) is 8.67. The van der Waals surface area contributed by atoms with E-state index in [1.165, 1.54) is 4.70 Å². The van der Waals surface area contributed by atoms with Gasteiger partial charge in [0.05, 0.1) is 0 Å². The number of nitrogens with zero attached hydrogens (tertiary/aromatic N) is 2. The normalized spacial score (nSPS) is 23.4. The number of amides is 1. The lowest BCUT2D eigenvalue weighted by Gasteiger charge is -2.38. The molecule has 0 aliphatic carbocycles. The second-order valence-electron chi connectivity index (χ2n) is 10.0. The molecular weight excluding hydrogens is 504 g/mol. The van der Waals surface area contributed by atoms with E-state index < -0.39 is 6.29 Å². The van der Waals surface area contributed by atoms with Gasteiger partial charge in [-0.05, 0) is 59.0 Å². The van der Waals surface area contributed by atoms with Crippen LogP contribution in [0.5, 0.6) is 11.5 Å². The van der Waals surface area contributed by atoms with Crippen molar-refractivity contribution >= 4 is 27.3 Å². The number of carbonyl (C=O) groups excluding carboxylic acids is 1. The molecule has 4 heterocycles. The van der Waals surface area contributed by atoms with Gasteiger partial charge in [-0.3, -0.25) is 9.69 Å². The Morgan fingerprint density at radius 3 is 2.71 bits per heavy atom. The van der Waals surface area contributed by atoms with Crippen LogP contribution < -0.4 is 9.47 Å². The predicted octanol–water partition coefficient (Wildman–Crippen LogP) is 3.68. The van der Waals surface area contributed by atoms with Gasteiger partial charge < -0.3 is 29.3 Å². The van der Waals surface area contributed by atoms with Gasteiger partial charge in [0, 0.05) is 55.9 Å². The number of ether oxygens (including phenoxy) is 3. The number of hydrogen-bond acceptors (Lipinski definition) is 8. The Balaban J connectivity index is 1.16. The first kappa shape index (κ1) is 25.2. The quantitative estimate of drug-likeness (QED) is 0.476. The molecule has 8 nitrogen and oxygen atoms in total. The van der Waals surface area contributed by atoms with Crippen molar-refractivity contribution < 1.29 is 29.2 Å². The molecule has 3 aliphatic heterocycles. The summed E-state index contributed by atoms with van der Waals surface area (Å²) in [6.07, 6.45) is 1.95. The number of thiophene rings is 1. The predicted molar refractivity (Wildman–Crippen MR) is 144 cm³/mol. The van der Waals surface area contributed by atoms with E-state index in [2.05, 4.69) is 28.5 Å². The van der Waals surface area contributed by atoms with Crippen molar-refractivity contribution in [2.75, 3.05) is 39.6 Å². The van der Waals surface area contributed by atoms with Gasteiger partial charge in [-0.2, -0.15) is 0 Å². The third-order valence-electron chi connectivity index (χ3n) is 7.69. The highest BCUT2D eigenvalue weighted by Crippen LogP contribution is 2.43. The zero-order valence-electron chi connectivity index (χ0n) is 21.1. The summed E-state index contributed by atoms with van der Waals surface area (Å²) in [5.41, 5.74) is 2.24. The molecule has 1 fully saturated rings. The van der Waals surface area contributed by atoms with Crippen LogP contribution in [0, 0.1) is 5.92 Å². The van der Waals surface area contributed by atoms with E-state index in [0.29, 0.717) is 25.9 Å². The molecule has 1 aromatic heterocycles. The Hall–Kier alpha value is -3.11. The van der Waals surface area contributed by atoms with E-state index in [0.717, 1.165) is 47.6 Å². The molecule has 0 radical (unpaired) electrons. The van der Waals surface area contributed by atoms with E-state index >= 15 is 0 Å². The van der Waals surface area contributed by atoms with Gasteiger partial charge in [0.15, 0.2) is 17.3 Å². The number of carbonyl (C=O) groups is 1. The largest absolute Gasteiger partial charge is 0.459 e. The lowest BCUT2D eigenvalue weighted by atomic mass is 9.80. The molecule has 1 saturated heterocycles. The van der Waals surface area contributed by atoms with Crippen LogP contribution in [0.2, 0.25) is 0 Å². The number of piperazine rings is 1. The molecule has 3 aromatic rings. The SMILES string of the molecule is O=C(C1=C[C@@H](c2csc3ccccc23)[C@H](CCCO)[C@@H](O)O1)N1CCN(Cc2ccc3c(c2)OCO3)CC1. The minimum atomic E-state index is -1.11. The molecule has 2 aromatic carbocycles. The Labute approximate surface area is 225 Å². The van der Waals surface area contributed by atoms with Gasteiger partial charge in [-0.1, -0.05) is 24.3 Å². The van der Waals surface area contributed by atoms with Crippen molar-refractivity contribution in [1.29, 1.82) is 0 Å². The van der Waals surface area contributed by atoms with Crippen molar-refractivity contribution in [2.45, 2.75) is 31.6 Å². The summed E-state index contributed by atoms with van der Waals surface area (Å²) in [5.74, 6) is 1.17. The maximum Gasteiger partial charge on any atom is 0.288 e. The fourth-order valence-corrected chi connectivity index (χ4v) is 6.64. The first-order valence-corrected chi connectivity index (χ1v) is 14.0. The minimum absolute atomic E-state index is 0.0480. The van der Waals surface area contributed by atoms with Crippen LogP contribution in [0.1, 0.15) is 29.9 Å². The van der Waals surface area contributed by atoms with Crippen LogP contribution in [-0.4, -0.2) is 71.8 Å². The first-order valence-electron chi connectivity index (χ1n) is 13.1. The Kier molecular flexibility index (Phi) is 7.25. The minimum Gasteiger partial charge on any atom is -0.459 e. The van der Waals surface area contributed by atoms with Crippen LogP contribution in [0.4, 0.5) is 0 Å². The van der Waals surface area contributed by atoms with Crippen LogP contribution in [0.25, 0.3) is 10.1 Å². The zero-order chi connectivity index (χ0) is 26.1. The molecule has 0 saturated carbocycles. The fraction of sp³-hybridized carbons (Fsp3) is 0.414. The van der Waals surface area contributed by atoms with E-state index in [-0.39, 0.29) is 36.9 Å². The molecule has 1 amide bonds. The highest BCUT2D eigenvalue weighted by Gasteiger charge is 2.38. The third kappa shape index (κ3) is 4.99. The molecule has 0 bridgehead atoms. The van der Waals surface area contributed by atoms with Crippen LogP contribution >= 0.6 is 11.3 Å². The summed E-state index contributed by atoms with van der Waals surface area (Å²) in [7, 11) is 0. The van der Waals surface area contributed by atoms with Gasteiger partial charge in [-0.25, -0.2) is 0 Å². The fourth-order valence-electron chi connectivity index (χ4n) is 5.63. The number of rotatable bonds is 7. The first-order chi connectivity index (χ1) is 18.6. The second-order valence-corrected chi connectivity index (χ2v) is 10.9. The van der Waals surface area contributed by atoms with Gasteiger partial charge in [0.2, 0.25) is 13.1 Å². The number of allylic oxidation sites excluding steroid dienone is 1. The summed E-state index contributed by atoms with van der Waals surface area (Å²) >= 11 is 1.66. The van der Waals surface area contributed by atoms with Crippen LogP contribution in [0.3, 0.4) is 0 Å².